The Kier molecular flexibility index (Phi) is 6.52. The van der Waals surface area contributed by atoms with Gasteiger partial charge < -0.3 is 9.84 Å². The van der Waals surface area contributed by atoms with E-state index in [-0.39, 0.29) is 18.6 Å². The quantitative estimate of drug-likeness (QED) is 0.657. The zero-order chi connectivity index (χ0) is 12.7. The van der Waals surface area contributed by atoms with Gasteiger partial charge in [-0.1, -0.05) is 13.3 Å². The lowest BCUT2D eigenvalue weighted by molar-refractivity contribution is -0.151. The van der Waals surface area contributed by atoms with Gasteiger partial charge in [0.25, 0.3) is 0 Å². The molecule has 1 rings (SSSR count). The predicted octanol–water partition coefficient (Wildman–Crippen LogP) is 1.56. The van der Waals surface area contributed by atoms with Gasteiger partial charge in [0, 0.05) is 19.2 Å². The molecule has 0 aromatic heterocycles. The van der Waals surface area contributed by atoms with E-state index in [1.54, 1.807) is 0 Å². The molecule has 17 heavy (non-hydrogen) atoms. The maximum Gasteiger partial charge on any atom is 0.323 e. The Balaban J connectivity index is 2.59. The van der Waals surface area contributed by atoms with Crippen molar-refractivity contribution < 1.29 is 14.6 Å². The minimum absolute atomic E-state index is 0.111. The third-order valence-electron chi connectivity index (χ3n) is 3.46. The number of aliphatic hydroxyl groups excluding tert-OH is 1. The van der Waals surface area contributed by atoms with Crippen molar-refractivity contribution in [1.82, 2.24) is 4.90 Å². The van der Waals surface area contributed by atoms with Gasteiger partial charge in [-0.05, 0) is 32.6 Å². The third-order valence-corrected chi connectivity index (χ3v) is 3.46. The zero-order valence-electron chi connectivity index (χ0n) is 11.0. The minimum atomic E-state index is -0.133. The van der Waals surface area contributed by atoms with E-state index in [0.29, 0.717) is 12.6 Å². The highest BCUT2D eigenvalue weighted by atomic mass is 16.5. The fraction of sp³-hybridized carbons (Fsp3) is 0.923. The molecule has 1 N–H and O–H groups in total. The van der Waals surface area contributed by atoms with E-state index in [4.69, 9.17) is 9.84 Å². The van der Waals surface area contributed by atoms with Crippen LogP contribution in [-0.4, -0.2) is 47.8 Å². The van der Waals surface area contributed by atoms with Gasteiger partial charge in [-0.3, -0.25) is 9.69 Å². The normalized spacial score (nSPS) is 17.9. The molecule has 1 fully saturated rings. The molecule has 0 amide bonds. The molecule has 0 bridgehead atoms. The van der Waals surface area contributed by atoms with Gasteiger partial charge >= 0.3 is 5.97 Å². The molecule has 100 valence electrons. The van der Waals surface area contributed by atoms with Crippen LogP contribution in [0.3, 0.4) is 0 Å². The molecule has 0 heterocycles. The second-order valence-electron chi connectivity index (χ2n) is 4.58. The first-order chi connectivity index (χ1) is 8.24. The van der Waals surface area contributed by atoms with Crippen LogP contribution in [0.25, 0.3) is 0 Å². The Hall–Kier alpha value is -0.610. The fourth-order valence-corrected chi connectivity index (χ4v) is 2.34. The van der Waals surface area contributed by atoms with Crippen molar-refractivity contribution in [3.63, 3.8) is 0 Å². The van der Waals surface area contributed by atoms with E-state index in [0.717, 1.165) is 19.4 Å². The first-order valence-corrected chi connectivity index (χ1v) is 6.77. The molecule has 0 aromatic carbocycles. The van der Waals surface area contributed by atoms with Crippen LogP contribution in [0.5, 0.6) is 0 Å². The van der Waals surface area contributed by atoms with Crippen LogP contribution < -0.4 is 0 Å². The predicted molar refractivity (Wildman–Crippen MR) is 66.8 cm³/mol. The summed E-state index contributed by atoms with van der Waals surface area (Å²) < 4.78 is 5.13. The molecule has 0 aliphatic heterocycles. The molecule has 1 saturated carbocycles. The number of hydrogen-bond acceptors (Lipinski definition) is 4. The van der Waals surface area contributed by atoms with Crippen LogP contribution in [0, 0.1) is 0 Å². The van der Waals surface area contributed by atoms with Gasteiger partial charge in [0.15, 0.2) is 0 Å². The summed E-state index contributed by atoms with van der Waals surface area (Å²) >= 11 is 0. The van der Waals surface area contributed by atoms with E-state index in [1.165, 1.54) is 19.3 Å². The molecule has 1 unspecified atom stereocenters. The molecular weight excluding hydrogens is 218 g/mol. The largest absolute Gasteiger partial charge is 0.465 e. The van der Waals surface area contributed by atoms with Crippen LogP contribution in [0.4, 0.5) is 0 Å². The molecule has 0 aromatic rings. The molecule has 0 spiro atoms. The van der Waals surface area contributed by atoms with Crippen molar-refractivity contribution >= 4 is 5.97 Å². The van der Waals surface area contributed by atoms with Gasteiger partial charge in [-0.2, -0.15) is 0 Å². The highest BCUT2D eigenvalue weighted by Gasteiger charge is 2.33. The summed E-state index contributed by atoms with van der Waals surface area (Å²) in [5, 5.41) is 8.94. The van der Waals surface area contributed by atoms with Gasteiger partial charge in [-0.15, -0.1) is 0 Å². The van der Waals surface area contributed by atoms with E-state index in [1.807, 2.05) is 13.8 Å². The number of esters is 1. The monoisotopic (exact) mass is 243 g/mol. The standard InChI is InChI=1S/C13H25NO3/c1-3-12(13(16)17-4-2)14(9-6-10-15)11-7-5-8-11/h11-12,15H,3-10H2,1-2H3. The average molecular weight is 243 g/mol. The molecule has 0 radical (unpaired) electrons. The summed E-state index contributed by atoms with van der Waals surface area (Å²) in [6, 6.07) is 0.378. The fourth-order valence-electron chi connectivity index (χ4n) is 2.34. The van der Waals surface area contributed by atoms with Gasteiger partial charge in [-0.25, -0.2) is 0 Å². The van der Waals surface area contributed by atoms with Crippen LogP contribution in [0.2, 0.25) is 0 Å². The van der Waals surface area contributed by atoms with E-state index in [2.05, 4.69) is 4.90 Å². The maximum absolute atomic E-state index is 11.9. The lowest BCUT2D eigenvalue weighted by atomic mass is 9.89. The summed E-state index contributed by atoms with van der Waals surface area (Å²) in [5.41, 5.74) is 0. The van der Waals surface area contributed by atoms with Crippen LogP contribution in [0.1, 0.15) is 46.0 Å². The highest BCUT2D eigenvalue weighted by Crippen LogP contribution is 2.27. The van der Waals surface area contributed by atoms with E-state index >= 15 is 0 Å². The van der Waals surface area contributed by atoms with Crippen LogP contribution in [0.15, 0.2) is 0 Å². The summed E-state index contributed by atoms with van der Waals surface area (Å²) in [5.74, 6) is -0.111. The first-order valence-electron chi connectivity index (χ1n) is 6.77. The molecular formula is C13H25NO3. The summed E-state index contributed by atoms with van der Waals surface area (Å²) in [4.78, 5) is 14.1. The number of aliphatic hydroxyl groups is 1. The highest BCUT2D eigenvalue weighted by molar-refractivity contribution is 5.75. The topological polar surface area (TPSA) is 49.8 Å². The molecule has 4 heteroatoms. The van der Waals surface area contributed by atoms with Crippen molar-refractivity contribution in [3.8, 4) is 0 Å². The Morgan fingerprint density at radius 3 is 2.59 bits per heavy atom. The SMILES string of the molecule is CCOC(=O)C(CC)N(CCCO)C1CCC1. The zero-order valence-corrected chi connectivity index (χ0v) is 11.0. The van der Waals surface area contributed by atoms with E-state index < -0.39 is 0 Å². The number of carbonyl (C=O) groups excluding carboxylic acids is 1. The van der Waals surface area contributed by atoms with Gasteiger partial charge in [0.05, 0.1) is 6.61 Å². The lowest BCUT2D eigenvalue weighted by Crippen LogP contribution is -2.51. The molecule has 1 atom stereocenters. The molecule has 1 aliphatic carbocycles. The molecule has 4 nitrogen and oxygen atoms in total. The number of carbonyl (C=O) groups is 1. The van der Waals surface area contributed by atoms with Crippen molar-refractivity contribution in [2.45, 2.75) is 58.0 Å². The van der Waals surface area contributed by atoms with Crippen molar-refractivity contribution in [2.75, 3.05) is 19.8 Å². The maximum atomic E-state index is 11.9. The summed E-state index contributed by atoms with van der Waals surface area (Å²) in [6.45, 7) is 5.27. The number of hydrogen-bond donors (Lipinski definition) is 1. The Bertz CT molecular complexity index is 229. The summed E-state index contributed by atoms with van der Waals surface area (Å²) in [6.07, 6.45) is 5.09. The van der Waals surface area contributed by atoms with Gasteiger partial charge in [0.2, 0.25) is 0 Å². The number of ether oxygens (including phenoxy) is 1. The van der Waals surface area contributed by atoms with Crippen LogP contribution >= 0.6 is 0 Å². The van der Waals surface area contributed by atoms with E-state index in [9.17, 15) is 4.79 Å². The van der Waals surface area contributed by atoms with Crippen molar-refractivity contribution in [2.24, 2.45) is 0 Å². The van der Waals surface area contributed by atoms with Gasteiger partial charge in [0.1, 0.15) is 6.04 Å². The minimum Gasteiger partial charge on any atom is -0.465 e. The number of nitrogens with zero attached hydrogens (tertiary/aromatic N) is 1. The third kappa shape index (κ3) is 3.96. The Labute approximate surface area is 104 Å². The second-order valence-corrected chi connectivity index (χ2v) is 4.58. The summed E-state index contributed by atoms with van der Waals surface area (Å²) in [7, 11) is 0. The molecule has 1 aliphatic rings. The Morgan fingerprint density at radius 2 is 2.18 bits per heavy atom. The van der Waals surface area contributed by atoms with Crippen LogP contribution in [-0.2, 0) is 9.53 Å². The second kappa shape index (κ2) is 7.67. The lowest BCUT2D eigenvalue weighted by Gasteiger charge is -2.41. The van der Waals surface area contributed by atoms with Crippen molar-refractivity contribution in [3.05, 3.63) is 0 Å². The number of rotatable bonds is 8. The smallest absolute Gasteiger partial charge is 0.323 e. The van der Waals surface area contributed by atoms with Crippen molar-refractivity contribution in [1.29, 1.82) is 0 Å². The average Bonchev–Trinajstić information content (AvgIpc) is 2.24. The molecule has 0 saturated heterocycles. The first kappa shape index (κ1) is 14.5. The Morgan fingerprint density at radius 1 is 1.47 bits per heavy atom.